The highest BCUT2D eigenvalue weighted by Gasteiger charge is 2.28. The molecule has 3 N–H and O–H groups in total. The van der Waals surface area contributed by atoms with Crippen LogP contribution in [-0.2, 0) is 0 Å². The number of urea groups is 1. The Morgan fingerprint density at radius 2 is 2.15 bits per heavy atom. The molecule has 2 heterocycles. The van der Waals surface area contributed by atoms with Gasteiger partial charge in [-0.1, -0.05) is 38.7 Å². The predicted octanol–water partition coefficient (Wildman–Crippen LogP) is 5.83. The van der Waals surface area contributed by atoms with Gasteiger partial charge in [-0.05, 0) is 80.4 Å². The Hall–Kier alpha value is -2.60. The normalized spacial score (nSPS) is 19.6. The lowest BCUT2D eigenvalue weighted by Crippen LogP contribution is -2.40. The zero-order valence-corrected chi connectivity index (χ0v) is 21.0. The fraction of sp³-hybridized carbons (Fsp3) is 0.571. The summed E-state index contributed by atoms with van der Waals surface area (Å²) >= 11 is 0. The Bertz CT molecular complexity index is 932. The first kappa shape index (κ1) is 26.0. The molecule has 0 radical (unpaired) electrons. The van der Waals surface area contributed by atoms with Gasteiger partial charge in [-0.3, -0.25) is 4.98 Å². The van der Waals surface area contributed by atoms with E-state index in [2.05, 4.69) is 34.8 Å². The molecule has 0 aliphatic carbocycles. The van der Waals surface area contributed by atoms with Crippen LogP contribution in [0.25, 0.3) is 10.9 Å². The van der Waals surface area contributed by atoms with Gasteiger partial charge in [-0.25, -0.2) is 4.79 Å². The molecule has 1 fully saturated rings. The molecule has 1 unspecified atom stereocenters. The number of ether oxygens (including phenoxy) is 1. The summed E-state index contributed by atoms with van der Waals surface area (Å²) in [6.07, 6.45) is 13.5. The monoisotopic (exact) mass is 466 g/mol. The first-order chi connectivity index (χ1) is 16.5. The number of likely N-dealkylation sites (tertiary alicyclic amines) is 1. The van der Waals surface area contributed by atoms with E-state index in [-0.39, 0.29) is 6.04 Å². The van der Waals surface area contributed by atoms with Crippen molar-refractivity contribution in [3.8, 4) is 5.75 Å². The smallest absolute Gasteiger partial charge is 0.312 e. The van der Waals surface area contributed by atoms with Crippen molar-refractivity contribution >= 4 is 16.9 Å². The van der Waals surface area contributed by atoms with Crippen molar-refractivity contribution in [3.05, 3.63) is 48.7 Å². The summed E-state index contributed by atoms with van der Waals surface area (Å²) in [5, 5.41) is 3.97. The van der Waals surface area contributed by atoms with Gasteiger partial charge in [-0.15, -0.1) is 6.58 Å². The van der Waals surface area contributed by atoms with E-state index >= 15 is 0 Å². The van der Waals surface area contributed by atoms with E-state index in [9.17, 15) is 4.79 Å². The molecule has 6 nitrogen and oxygen atoms in total. The number of rotatable bonds is 13. The van der Waals surface area contributed by atoms with Crippen LogP contribution in [0, 0.1) is 11.8 Å². The number of hydrogen-bond donors (Lipinski definition) is 2. The van der Waals surface area contributed by atoms with Gasteiger partial charge in [0.15, 0.2) is 0 Å². The molecular formula is C28H42N4O2. The molecule has 2 amide bonds. The van der Waals surface area contributed by atoms with Crippen molar-refractivity contribution in [2.24, 2.45) is 17.6 Å². The third-order valence-electron chi connectivity index (χ3n) is 7.27. The minimum Gasteiger partial charge on any atom is -0.497 e. The molecule has 3 atom stereocenters. The van der Waals surface area contributed by atoms with Crippen molar-refractivity contribution in [1.29, 1.82) is 0 Å². The third-order valence-corrected chi connectivity index (χ3v) is 7.27. The summed E-state index contributed by atoms with van der Waals surface area (Å²) in [4.78, 5) is 19.0. The summed E-state index contributed by atoms with van der Waals surface area (Å²) in [7, 11) is 1.66. The molecule has 186 valence electrons. The van der Waals surface area contributed by atoms with Crippen molar-refractivity contribution in [2.75, 3.05) is 26.7 Å². The Morgan fingerprint density at radius 3 is 2.88 bits per heavy atom. The quantitative estimate of drug-likeness (QED) is 0.288. The zero-order chi connectivity index (χ0) is 24.3. The first-order valence-corrected chi connectivity index (χ1v) is 12.9. The highest BCUT2D eigenvalue weighted by atomic mass is 16.5. The number of methoxy groups -OCH3 is 1. The van der Waals surface area contributed by atoms with Crippen LogP contribution < -0.4 is 15.8 Å². The highest BCUT2D eigenvalue weighted by Crippen LogP contribution is 2.34. The average molecular weight is 467 g/mol. The summed E-state index contributed by atoms with van der Waals surface area (Å²) < 4.78 is 5.42. The number of hydrogen-bond acceptors (Lipinski definition) is 4. The number of nitrogens with one attached hydrogen (secondary N) is 1. The fourth-order valence-electron chi connectivity index (χ4n) is 5.30. The maximum absolute atomic E-state index is 11.9. The van der Waals surface area contributed by atoms with Crippen LogP contribution >= 0.6 is 0 Å². The second-order valence-electron chi connectivity index (χ2n) is 9.58. The SMILES string of the molecule is C=C[C@H]1CN(CCCCCCC)CC[C@H]1CCC(NC(N)=O)c1ccnc2ccc(OC)cc12. The van der Waals surface area contributed by atoms with Crippen LogP contribution in [0.4, 0.5) is 4.79 Å². The molecular weight excluding hydrogens is 424 g/mol. The van der Waals surface area contributed by atoms with Crippen LogP contribution in [0.5, 0.6) is 5.75 Å². The number of primary amides is 1. The second-order valence-corrected chi connectivity index (χ2v) is 9.58. The third kappa shape index (κ3) is 7.20. The predicted molar refractivity (Wildman–Crippen MR) is 140 cm³/mol. The molecule has 1 aromatic heterocycles. The number of fused-ring (bicyclic) bond motifs is 1. The number of nitrogens with two attached hydrogens (primary N) is 1. The van der Waals surface area contributed by atoms with Gasteiger partial charge in [0.2, 0.25) is 0 Å². The Kier molecular flexibility index (Phi) is 10.2. The second kappa shape index (κ2) is 13.3. The molecule has 1 aliphatic heterocycles. The number of amides is 2. The van der Waals surface area contributed by atoms with E-state index in [0.717, 1.165) is 48.1 Å². The van der Waals surface area contributed by atoms with Crippen LogP contribution in [0.1, 0.15) is 69.9 Å². The van der Waals surface area contributed by atoms with E-state index in [1.807, 2.05) is 24.3 Å². The summed E-state index contributed by atoms with van der Waals surface area (Å²) in [5.74, 6) is 1.81. The van der Waals surface area contributed by atoms with Gasteiger partial charge in [0, 0.05) is 18.1 Å². The van der Waals surface area contributed by atoms with Crippen molar-refractivity contribution in [1.82, 2.24) is 15.2 Å². The van der Waals surface area contributed by atoms with E-state index in [1.54, 1.807) is 13.3 Å². The highest BCUT2D eigenvalue weighted by molar-refractivity contribution is 5.84. The lowest BCUT2D eigenvalue weighted by molar-refractivity contribution is 0.133. The van der Waals surface area contributed by atoms with Gasteiger partial charge in [0.1, 0.15) is 5.75 Å². The largest absolute Gasteiger partial charge is 0.497 e. The van der Waals surface area contributed by atoms with E-state index in [0.29, 0.717) is 11.8 Å². The number of benzene rings is 1. The Balaban J connectivity index is 1.65. The lowest BCUT2D eigenvalue weighted by Gasteiger charge is -2.38. The number of pyridine rings is 1. The van der Waals surface area contributed by atoms with Crippen LogP contribution in [0.3, 0.4) is 0 Å². The Labute approximate surface area is 204 Å². The molecule has 0 saturated carbocycles. The number of nitrogens with zero attached hydrogens (tertiary/aromatic N) is 2. The van der Waals surface area contributed by atoms with Gasteiger partial charge in [0.05, 0.1) is 18.7 Å². The molecule has 6 heteroatoms. The van der Waals surface area contributed by atoms with Crippen molar-refractivity contribution < 1.29 is 9.53 Å². The summed E-state index contributed by atoms with van der Waals surface area (Å²) in [6, 6.07) is 7.15. The van der Waals surface area contributed by atoms with Crippen molar-refractivity contribution in [3.63, 3.8) is 0 Å². The van der Waals surface area contributed by atoms with E-state index < -0.39 is 6.03 Å². The maximum Gasteiger partial charge on any atom is 0.312 e. The van der Waals surface area contributed by atoms with Crippen molar-refractivity contribution in [2.45, 2.75) is 64.3 Å². The van der Waals surface area contributed by atoms with Crippen LogP contribution in [0.2, 0.25) is 0 Å². The van der Waals surface area contributed by atoms with Gasteiger partial charge in [0.25, 0.3) is 0 Å². The van der Waals surface area contributed by atoms with E-state index in [4.69, 9.17) is 10.5 Å². The molecule has 3 rings (SSSR count). The zero-order valence-electron chi connectivity index (χ0n) is 21.0. The molecule has 2 aromatic rings. The number of unbranched alkanes of at least 4 members (excludes halogenated alkanes) is 4. The minimum atomic E-state index is -0.504. The molecule has 34 heavy (non-hydrogen) atoms. The van der Waals surface area contributed by atoms with Crippen LogP contribution in [0.15, 0.2) is 43.1 Å². The van der Waals surface area contributed by atoms with Crippen LogP contribution in [-0.4, -0.2) is 42.7 Å². The lowest BCUT2D eigenvalue weighted by atomic mass is 9.80. The summed E-state index contributed by atoms with van der Waals surface area (Å²) in [5.41, 5.74) is 7.49. The minimum absolute atomic E-state index is 0.169. The van der Waals surface area contributed by atoms with E-state index in [1.165, 1.54) is 45.1 Å². The topological polar surface area (TPSA) is 80.5 Å². The first-order valence-electron chi connectivity index (χ1n) is 12.9. The molecule has 1 aromatic carbocycles. The van der Waals surface area contributed by atoms with Gasteiger partial charge < -0.3 is 20.7 Å². The maximum atomic E-state index is 11.9. The number of carbonyl (C=O) groups excluding carboxylic acids is 1. The standard InChI is InChI=1S/C28H42N4O2/c1-4-6-7-8-9-17-32-18-15-22(21(5-2)20-32)10-12-27(31-28(29)33)24-14-16-30-26-13-11-23(34-3)19-25(24)26/h5,11,13-14,16,19,21-22,27H,2,4,6-10,12,15,17-18,20H2,1,3H3,(H3,29,31,33)/t21-,22+,27?/m0/s1. The number of piperidine rings is 1. The average Bonchev–Trinajstić information content (AvgIpc) is 2.85. The van der Waals surface area contributed by atoms with Gasteiger partial charge >= 0.3 is 6.03 Å². The molecule has 0 bridgehead atoms. The number of carbonyl (C=O) groups is 1. The Morgan fingerprint density at radius 1 is 1.32 bits per heavy atom. The fourth-order valence-corrected chi connectivity index (χ4v) is 5.30. The van der Waals surface area contributed by atoms with Gasteiger partial charge in [-0.2, -0.15) is 0 Å². The summed E-state index contributed by atoms with van der Waals surface area (Å²) in [6.45, 7) is 9.83. The molecule has 1 saturated heterocycles. The molecule has 1 aliphatic rings. The molecule has 0 spiro atoms. The number of aromatic nitrogens is 1.